The van der Waals surface area contributed by atoms with Crippen LogP contribution < -0.4 is 14.4 Å². The lowest BCUT2D eigenvalue weighted by Gasteiger charge is -2.33. The summed E-state index contributed by atoms with van der Waals surface area (Å²) in [5, 5.41) is 2.69. The number of benzene rings is 3. The number of ether oxygens (including phenoxy) is 1. The van der Waals surface area contributed by atoms with Crippen molar-refractivity contribution in [2.75, 3.05) is 24.5 Å². The van der Waals surface area contributed by atoms with Gasteiger partial charge in [0, 0.05) is 13.1 Å². The average molecular weight is 592 g/mol. The third kappa shape index (κ3) is 7.78. The molecule has 0 aliphatic carbocycles. The van der Waals surface area contributed by atoms with Crippen LogP contribution in [0.25, 0.3) is 0 Å². The van der Waals surface area contributed by atoms with E-state index in [1.54, 1.807) is 44.2 Å². The molecule has 3 aromatic carbocycles. The Kier molecular flexibility index (Phi) is 10.4. The number of amides is 2. The molecular formula is C29H32F3N3O5S. The normalized spacial score (nSPS) is 12.3. The summed E-state index contributed by atoms with van der Waals surface area (Å²) in [5.41, 5.74) is -0.806. The number of rotatable bonds is 12. The minimum atomic E-state index is -4.74. The van der Waals surface area contributed by atoms with Gasteiger partial charge in [0.1, 0.15) is 18.3 Å². The summed E-state index contributed by atoms with van der Waals surface area (Å²) in [4.78, 5) is 27.9. The molecule has 2 amide bonds. The number of anilines is 1. The summed E-state index contributed by atoms with van der Waals surface area (Å²) in [6, 6.07) is 16.7. The van der Waals surface area contributed by atoms with E-state index in [9.17, 15) is 31.2 Å². The van der Waals surface area contributed by atoms with Crippen LogP contribution in [-0.2, 0) is 32.3 Å². The first kappa shape index (κ1) is 31.5. The smallest absolute Gasteiger partial charge is 0.416 e. The van der Waals surface area contributed by atoms with Crippen molar-refractivity contribution in [3.05, 3.63) is 90.0 Å². The zero-order chi connectivity index (χ0) is 30.2. The van der Waals surface area contributed by atoms with Crippen LogP contribution in [0.3, 0.4) is 0 Å². The number of methoxy groups -OCH3 is 1. The molecule has 0 heterocycles. The average Bonchev–Trinajstić information content (AvgIpc) is 2.96. The molecule has 0 saturated carbocycles. The van der Waals surface area contributed by atoms with Gasteiger partial charge in [-0.15, -0.1) is 0 Å². The molecule has 0 aromatic heterocycles. The highest BCUT2D eigenvalue weighted by Crippen LogP contribution is 2.33. The summed E-state index contributed by atoms with van der Waals surface area (Å²) in [6.07, 6.45) is -4.54. The maximum absolute atomic E-state index is 13.9. The minimum absolute atomic E-state index is 0.0759. The molecule has 0 fully saturated rings. The molecule has 1 unspecified atom stereocenters. The first-order valence-electron chi connectivity index (χ1n) is 12.9. The standard InChI is InChI=1S/C29H32F3N3O5S/c1-4-26(28(37)33-5-2)34(19-21-11-9-14-24(17-21)40-3)27(36)20-35(41(38,39)25-15-7-6-8-16-25)23-13-10-12-22(18-23)29(30,31)32/h6-18,26H,4-5,19-20H2,1-3H3,(H,33,37). The molecule has 0 radical (unpaired) electrons. The van der Waals surface area contributed by atoms with Crippen molar-refractivity contribution in [3.8, 4) is 5.75 Å². The largest absolute Gasteiger partial charge is 0.497 e. The lowest BCUT2D eigenvalue weighted by Crippen LogP contribution is -2.52. The van der Waals surface area contributed by atoms with E-state index in [2.05, 4.69) is 5.32 Å². The Balaban J connectivity index is 2.11. The van der Waals surface area contributed by atoms with E-state index in [4.69, 9.17) is 4.74 Å². The Hall–Kier alpha value is -4.06. The number of halogens is 3. The second-order valence-electron chi connectivity index (χ2n) is 9.06. The number of hydrogen-bond acceptors (Lipinski definition) is 5. The Morgan fingerprint density at radius 1 is 0.951 bits per heavy atom. The second kappa shape index (κ2) is 13.5. The number of likely N-dealkylation sites (N-methyl/N-ethyl adjacent to an activating group) is 1. The first-order valence-corrected chi connectivity index (χ1v) is 14.3. The predicted molar refractivity (Wildman–Crippen MR) is 149 cm³/mol. The number of nitrogens with one attached hydrogen (secondary N) is 1. The molecule has 0 bridgehead atoms. The van der Waals surface area contributed by atoms with Gasteiger partial charge in [0.15, 0.2) is 0 Å². The van der Waals surface area contributed by atoms with Crippen molar-refractivity contribution < 1.29 is 35.9 Å². The highest BCUT2D eigenvalue weighted by molar-refractivity contribution is 7.92. The van der Waals surface area contributed by atoms with Crippen LogP contribution in [0.2, 0.25) is 0 Å². The quantitative estimate of drug-likeness (QED) is 0.325. The van der Waals surface area contributed by atoms with Gasteiger partial charge in [-0.1, -0.05) is 43.3 Å². The fraction of sp³-hybridized carbons (Fsp3) is 0.310. The number of carbonyl (C=O) groups is 2. The number of sulfonamides is 1. The predicted octanol–water partition coefficient (Wildman–Crippen LogP) is 4.85. The number of carbonyl (C=O) groups excluding carboxylic acids is 2. The zero-order valence-electron chi connectivity index (χ0n) is 22.9. The first-order chi connectivity index (χ1) is 19.4. The molecule has 8 nitrogen and oxygen atoms in total. The molecule has 0 aliphatic rings. The highest BCUT2D eigenvalue weighted by Gasteiger charge is 2.35. The summed E-state index contributed by atoms with van der Waals surface area (Å²) in [7, 11) is -3.01. The van der Waals surface area contributed by atoms with E-state index in [0.29, 0.717) is 28.2 Å². The molecule has 0 aliphatic heterocycles. The van der Waals surface area contributed by atoms with Crippen molar-refractivity contribution in [1.82, 2.24) is 10.2 Å². The fourth-order valence-electron chi connectivity index (χ4n) is 4.26. The number of hydrogen-bond donors (Lipinski definition) is 1. The van der Waals surface area contributed by atoms with Gasteiger partial charge in [-0.25, -0.2) is 8.42 Å². The lowest BCUT2D eigenvalue weighted by molar-refractivity contribution is -0.140. The Labute approximate surface area is 237 Å². The second-order valence-corrected chi connectivity index (χ2v) is 10.9. The van der Waals surface area contributed by atoms with Gasteiger partial charge in [-0.3, -0.25) is 13.9 Å². The lowest BCUT2D eigenvalue weighted by atomic mass is 10.1. The molecular weight excluding hydrogens is 559 g/mol. The van der Waals surface area contributed by atoms with Gasteiger partial charge < -0.3 is 15.0 Å². The van der Waals surface area contributed by atoms with Gasteiger partial charge in [0.05, 0.1) is 23.3 Å². The molecule has 12 heteroatoms. The fourth-order valence-corrected chi connectivity index (χ4v) is 5.69. The van der Waals surface area contributed by atoms with Gasteiger partial charge in [-0.2, -0.15) is 13.2 Å². The Bertz CT molecular complexity index is 1450. The van der Waals surface area contributed by atoms with Crippen molar-refractivity contribution in [2.24, 2.45) is 0 Å². The van der Waals surface area contributed by atoms with Crippen LogP contribution in [0.4, 0.5) is 18.9 Å². The van der Waals surface area contributed by atoms with Crippen LogP contribution >= 0.6 is 0 Å². The molecule has 220 valence electrons. The molecule has 3 aromatic rings. The van der Waals surface area contributed by atoms with Gasteiger partial charge in [0.25, 0.3) is 10.0 Å². The third-order valence-electron chi connectivity index (χ3n) is 6.30. The monoisotopic (exact) mass is 591 g/mol. The van der Waals surface area contributed by atoms with Crippen LogP contribution in [-0.4, -0.2) is 51.4 Å². The van der Waals surface area contributed by atoms with Crippen LogP contribution in [0.1, 0.15) is 31.4 Å². The maximum Gasteiger partial charge on any atom is 0.416 e. The van der Waals surface area contributed by atoms with Crippen LogP contribution in [0, 0.1) is 0 Å². The SMILES string of the molecule is CCNC(=O)C(CC)N(Cc1cccc(OC)c1)C(=O)CN(c1cccc(C(F)(F)F)c1)S(=O)(=O)c1ccccc1. The molecule has 3 rings (SSSR count). The van der Waals surface area contributed by atoms with Crippen molar-refractivity contribution in [1.29, 1.82) is 0 Å². The van der Waals surface area contributed by atoms with Crippen LogP contribution in [0.5, 0.6) is 5.75 Å². The third-order valence-corrected chi connectivity index (χ3v) is 8.08. The van der Waals surface area contributed by atoms with Crippen molar-refractivity contribution >= 4 is 27.5 Å². The highest BCUT2D eigenvalue weighted by atomic mass is 32.2. The topological polar surface area (TPSA) is 96.0 Å². The van der Waals surface area contributed by atoms with Gasteiger partial charge in [-0.05, 0) is 61.4 Å². The molecule has 41 heavy (non-hydrogen) atoms. The Morgan fingerprint density at radius 3 is 2.24 bits per heavy atom. The molecule has 1 atom stereocenters. The summed E-state index contributed by atoms with van der Waals surface area (Å²) in [6.45, 7) is 2.80. The van der Waals surface area contributed by atoms with E-state index in [1.807, 2.05) is 0 Å². The van der Waals surface area contributed by atoms with Crippen molar-refractivity contribution in [3.63, 3.8) is 0 Å². The van der Waals surface area contributed by atoms with Crippen molar-refractivity contribution in [2.45, 2.75) is 43.9 Å². The van der Waals surface area contributed by atoms with E-state index in [0.717, 1.165) is 12.1 Å². The van der Waals surface area contributed by atoms with Crippen LogP contribution in [0.15, 0.2) is 83.8 Å². The summed E-state index contributed by atoms with van der Waals surface area (Å²) >= 11 is 0. The summed E-state index contributed by atoms with van der Waals surface area (Å²) < 4.78 is 74.1. The van der Waals surface area contributed by atoms with E-state index in [-0.39, 0.29) is 23.5 Å². The van der Waals surface area contributed by atoms with Gasteiger partial charge in [0.2, 0.25) is 11.8 Å². The number of alkyl halides is 3. The van der Waals surface area contributed by atoms with E-state index < -0.39 is 46.2 Å². The molecule has 0 spiro atoms. The van der Waals surface area contributed by atoms with Gasteiger partial charge >= 0.3 is 6.18 Å². The maximum atomic E-state index is 13.9. The minimum Gasteiger partial charge on any atom is -0.497 e. The summed E-state index contributed by atoms with van der Waals surface area (Å²) in [5.74, 6) is -0.705. The van der Waals surface area contributed by atoms with E-state index >= 15 is 0 Å². The van der Waals surface area contributed by atoms with E-state index in [1.165, 1.54) is 42.3 Å². The Morgan fingerprint density at radius 2 is 1.63 bits per heavy atom. The number of nitrogens with zero attached hydrogens (tertiary/aromatic N) is 2. The molecule has 1 N–H and O–H groups in total. The molecule has 0 saturated heterocycles. The zero-order valence-corrected chi connectivity index (χ0v) is 23.7.